The number of amides is 1. The number of carbonyl (C=O) groups is 1. The molecule has 2 heterocycles. The third-order valence-corrected chi connectivity index (χ3v) is 3.40. The van der Waals surface area contributed by atoms with Crippen molar-refractivity contribution in [1.82, 2.24) is 20.3 Å². The van der Waals surface area contributed by atoms with E-state index in [2.05, 4.69) is 25.6 Å². The maximum atomic E-state index is 12.0. The second-order valence-electron chi connectivity index (χ2n) is 5.03. The van der Waals surface area contributed by atoms with Crippen LogP contribution in [0.15, 0.2) is 27.9 Å². The second-order valence-corrected chi connectivity index (χ2v) is 5.43. The number of hydrogen-bond acceptors (Lipinski definition) is 6. The molecular weight excluding hydrogens is 338 g/mol. The maximum absolute atomic E-state index is 12.0. The Labute approximate surface area is 141 Å². The van der Waals surface area contributed by atoms with E-state index in [1.165, 1.54) is 12.3 Å². The number of aliphatic hydroxyl groups is 1. The van der Waals surface area contributed by atoms with E-state index in [4.69, 9.17) is 11.6 Å². The van der Waals surface area contributed by atoms with Gasteiger partial charge in [-0.1, -0.05) is 11.6 Å². The first-order chi connectivity index (χ1) is 11.4. The van der Waals surface area contributed by atoms with Crippen LogP contribution in [0, 0.1) is 6.92 Å². The zero-order valence-corrected chi connectivity index (χ0v) is 13.5. The van der Waals surface area contributed by atoms with Gasteiger partial charge >= 0.3 is 0 Å². The average Bonchev–Trinajstić information content (AvgIpc) is 2.54. The molecule has 9 nitrogen and oxygen atoms in total. The van der Waals surface area contributed by atoms with Crippen molar-refractivity contribution in [2.24, 2.45) is 0 Å². The number of pyridine rings is 1. The van der Waals surface area contributed by atoms with Crippen molar-refractivity contribution in [3.8, 4) is 0 Å². The lowest BCUT2D eigenvalue weighted by Crippen LogP contribution is -2.40. The smallest absolute Gasteiger partial charge is 0.271 e. The number of nitrogens with one attached hydrogen (secondary N) is 4. The quantitative estimate of drug-likeness (QED) is 0.479. The summed E-state index contributed by atoms with van der Waals surface area (Å²) in [4.78, 5) is 43.9. The Kier molecular flexibility index (Phi) is 5.72. The van der Waals surface area contributed by atoms with Crippen molar-refractivity contribution in [3.05, 3.63) is 55.3 Å². The van der Waals surface area contributed by atoms with E-state index in [0.717, 1.165) is 0 Å². The average molecular weight is 354 g/mol. The number of nitrogens with zero attached hydrogens (tertiary/aromatic N) is 1. The fourth-order valence-corrected chi connectivity index (χ4v) is 1.97. The van der Waals surface area contributed by atoms with E-state index < -0.39 is 23.1 Å². The SMILES string of the molecule is Cc1ccc(C(=O)NC[C@H](CO)Nc2ncc(Cl)c(=O)[nH]2)c(=O)[nH]1. The van der Waals surface area contributed by atoms with E-state index in [1.807, 2.05) is 0 Å². The molecule has 0 aliphatic heterocycles. The van der Waals surface area contributed by atoms with Gasteiger partial charge in [0.2, 0.25) is 5.95 Å². The summed E-state index contributed by atoms with van der Waals surface area (Å²) in [5, 5.41) is 14.6. The van der Waals surface area contributed by atoms with Crippen LogP contribution in [0.1, 0.15) is 16.1 Å². The van der Waals surface area contributed by atoms with Gasteiger partial charge < -0.3 is 20.7 Å². The minimum atomic E-state index is -0.622. The highest BCUT2D eigenvalue weighted by Crippen LogP contribution is 2.02. The van der Waals surface area contributed by atoms with Gasteiger partial charge in [-0.2, -0.15) is 0 Å². The lowest BCUT2D eigenvalue weighted by molar-refractivity contribution is 0.0947. The van der Waals surface area contributed by atoms with Crippen LogP contribution >= 0.6 is 11.6 Å². The number of aromatic amines is 2. The van der Waals surface area contributed by atoms with Crippen LogP contribution in [0.25, 0.3) is 0 Å². The van der Waals surface area contributed by atoms with Crippen molar-refractivity contribution < 1.29 is 9.90 Å². The number of halogens is 1. The number of aryl methyl sites for hydroxylation is 1. The van der Waals surface area contributed by atoms with E-state index in [1.54, 1.807) is 13.0 Å². The highest BCUT2D eigenvalue weighted by molar-refractivity contribution is 6.30. The predicted octanol–water partition coefficient (Wildman–Crippen LogP) is -0.377. The van der Waals surface area contributed by atoms with E-state index in [9.17, 15) is 19.5 Å². The molecule has 1 atom stereocenters. The molecule has 2 aromatic rings. The molecule has 0 saturated heterocycles. The Hall–Kier alpha value is -2.65. The minimum absolute atomic E-state index is 0.00892. The Bertz CT molecular complexity index is 848. The predicted molar refractivity (Wildman–Crippen MR) is 88.5 cm³/mol. The molecule has 0 aliphatic carbocycles. The molecule has 2 rings (SSSR count). The van der Waals surface area contributed by atoms with Gasteiger partial charge in [-0.15, -0.1) is 0 Å². The molecule has 0 aliphatic rings. The Morgan fingerprint density at radius 2 is 2.08 bits per heavy atom. The van der Waals surface area contributed by atoms with Gasteiger partial charge in [-0.3, -0.25) is 19.4 Å². The van der Waals surface area contributed by atoms with E-state index in [-0.39, 0.29) is 29.7 Å². The summed E-state index contributed by atoms with van der Waals surface area (Å²) in [5.41, 5.74) is -0.412. The molecule has 10 heteroatoms. The summed E-state index contributed by atoms with van der Waals surface area (Å²) < 4.78 is 0. The van der Waals surface area contributed by atoms with Crippen molar-refractivity contribution in [2.75, 3.05) is 18.5 Å². The lowest BCUT2D eigenvalue weighted by atomic mass is 10.2. The second kappa shape index (κ2) is 7.75. The van der Waals surface area contributed by atoms with Crippen LogP contribution in [0.3, 0.4) is 0 Å². The number of H-pyrrole nitrogens is 2. The highest BCUT2D eigenvalue weighted by atomic mass is 35.5. The van der Waals surface area contributed by atoms with Gasteiger partial charge in [0.25, 0.3) is 17.0 Å². The molecule has 0 spiro atoms. The fraction of sp³-hybridized carbons (Fsp3) is 0.286. The monoisotopic (exact) mass is 353 g/mol. The van der Waals surface area contributed by atoms with Crippen molar-refractivity contribution in [2.45, 2.75) is 13.0 Å². The molecule has 5 N–H and O–H groups in total. The molecule has 128 valence electrons. The molecule has 0 saturated carbocycles. The number of aromatic nitrogens is 3. The normalized spacial score (nSPS) is 11.8. The maximum Gasteiger partial charge on any atom is 0.271 e. The molecule has 24 heavy (non-hydrogen) atoms. The first kappa shape index (κ1) is 17.7. The minimum Gasteiger partial charge on any atom is -0.394 e. The van der Waals surface area contributed by atoms with Gasteiger partial charge in [0.05, 0.1) is 18.8 Å². The Morgan fingerprint density at radius 3 is 2.71 bits per heavy atom. The van der Waals surface area contributed by atoms with Crippen LogP contribution in [-0.4, -0.2) is 45.2 Å². The molecule has 0 aromatic carbocycles. The number of aliphatic hydroxyl groups excluding tert-OH is 1. The standard InChI is InChI=1S/C14H16ClN5O4/c1-7-2-3-9(12(23)18-7)11(22)16-4-8(6-21)19-14-17-5-10(15)13(24)20-14/h2-3,5,8,21H,4,6H2,1H3,(H,16,22)(H,18,23)(H2,17,19,20,24)/t8-/m1/s1. The highest BCUT2D eigenvalue weighted by Gasteiger charge is 2.14. The molecule has 0 fully saturated rings. The summed E-state index contributed by atoms with van der Waals surface area (Å²) in [6.45, 7) is 1.38. The van der Waals surface area contributed by atoms with Crippen LogP contribution in [-0.2, 0) is 0 Å². The number of rotatable bonds is 6. The topological polar surface area (TPSA) is 140 Å². The first-order valence-electron chi connectivity index (χ1n) is 7.01. The molecule has 2 aromatic heterocycles. The molecule has 1 amide bonds. The van der Waals surface area contributed by atoms with Gasteiger partial charge in [0, 0.05) is 12.2 Å². The Balaban J connectivity index is 2.00. The van der Waals surface area contributed by atoms with Gasteiger partial charge in [0.15, 0.2) is 0 Å². The number of anilines is 1. The summed E-state index contributed by atoms with van der Waals surface area (Å²) in [5.74, 6) is -0.472. The summed E-state index contributed by atoms with van der Waals surface area (Å²) in [7, 11) is 0. The Morgan fingerprint density at radius 1 is 1.33 bits per heavy atom. The van der Waals surface area contributed by atoms with Crippen molar-refractivity contribution >= 4 is 23.5 Å². The third kappa shape index (κ3) is 4.43. The molecular formula is C14H16ClN5O4. The zero-order valence-electron chi connectivity index (χ0n) is 12.7. The third-order valence-electron chi connectivity index (χ3n) is 3.13. The number of hydrogen-bond donors (Lipinski definition) is 5. The first-order valence-corrected chi connectivity index (χ1v) is 7.39. The number of carbonyl (C=O) groups excluding carboxylic acids is 1. The van der Waals surface area contributed by atoms with Crippen LogP contribution < -0.4 is 21.8 Å². The largest absolute Gasteiger partial charge is 0.394 e. The van der Waals surface area contributed by atoms with Crippen LogP contribution in [0.4, 0.5) is 5.95 Å². The van der Waals surface area contributed by atoms with Crippen LogP contribution in [0.2, 0.25) is 5.02 Å². The van der Waals surface area contributed by atoms with Gasteiger partial charge in [-0.05, 0) is 19.1 Å². The van der Waals surface area contributed by atoms with Crippen molar-refractivity contribution in [1.29, 1.82) is 0 Å². The zero-order chi connectivity index (χ0) is 17.7. The fourth-order valence-electron chi connectivity index (χ4n) is 1.87. The van der Waals surface area contributed by atoms with Crippen LogP contribution in [0.5, 0.6) is 0 Å². The van der Waals surface area contributed by atoms with Gasteiger partial charge in [-0.25, -0.2) is 4.98 Å². The summed E-state index contributed by atoms with van der Waals surface area (Å²) in [6, 6.07) is 2.41. The van der Waals surface area contributed by atoms with E-state index >= 15 is 0 Å². The van der Waals surface area contributed by atoms with Crippen molar-refractivity contribution in [3.63, 3.8) is 0 Å². The lowest BCUT2D eigenvalue weighted by Gasteiger charge is -2.17. The van der Waals surface area contributed by atoms with E-state index in [0.29, 0.717) is 5.69 Å². The summed E-state index contributed by atoms with van der Waals surface area (Å²) in [6.07, 6.45) is 1.17. The molecule has 0 radical (unpaired) electrons. The summed E-state index contributed by atoms with van der Waals surface area (Å²) >= 11 is 5.57. The molecule has 0 bridgehead atoms. The van der Waals surface area contributed by atoms with Gasteiger partial charge in [0.1, 0.15) is 10.6 Å². The molecule has 0 unspecified atom stereocenters.